The van der Waals surface area contributed by atoms with Crippen LogP contribution in [-0.2, 0) is 10.1 Å². The summed E-state index contributed by atoms with van der Waals surface area (Å²) in [5.74, 6) is -0.211. The standard InChI is InChI=1S/C9H17NO3S/c1-2-3-4-5-7-10-8-6-9-14(11,12)13/h2,7H,1,3-6,8-9H2,(H,11,12,13). The van der Waals surface area contributed by atoms with Crippen LogP contribution in [0.2, 0.25) is 0 Å². The molecule has 0 aromatic rings. The van der Waals surface area contributed by atoms with Gasteiger partial charge in [0.15, 0.2) is 0 Å². The maximum absolute atomic E-state index is 10.3. The van der Waals surface area contributed by atoms with Crippen molar-refractivity contribution in [2.24, 2.45) is 4.99 Å². The van der Waals surface area contributed by atoms with E-state index in [0.29, 0.717) is 13.0 Å². The molecular formula is C9H17NO3S. The van der Waals surface area contributed by atoms with Gasteiger partial charge >= 0.3 is 0 Å². The van der Waals surface area contributed by atoms with Gasteiger partial charge in [-0.25, -0.2) is 0 Å². The summed E-state index contributed by atoms with van der Waals surface area (Å²) in [5, 5.41) is 0. The summed E-state index contributed by atoms with van der Waals surface area (Å²) in [5.41, 5.74) is 0. The van der Waals surface area contributed by atoms with E-state index in [1.165, 1.54) is 0 Å². The molecular weight excluding hydrogens is 202 g/mol. The molecule has 4 nitrogen and oxygen atoms in total. The molecule has 0 aromatic heterocycles. The molecule has 0 aromatic carbocycles. The second-order valence-corrected chi connectivity index (χ2v) is 4.52. The fourth-order valence-electron chi connectivity index (χ4n) is 0.874. The molecule has 0 heterocycles. The third kappa shape index (κ3) is 11.3. The molecule has 0 radical (unpaired) electrons. The Morgan fingerprint density at radius 3 is 2.57 bits per heavy atom. The molecule has 5 heteroatoms. The number of nitrogens with zero attached hydrogens (tertiary/aromatic N) is 1. The van der Waals surface area contributed by atoms with E-state index in [9.17, 15) is 8.42 Å². The minimum atomic E-state index is -3.81. The first-order valence-corrected chi connectivity index (χ1v) is 6.21. The van der Waals surface area contributed by atoms with Crippen molar-refractivity contribution >= 4 is 16.3 Å². The molecule has 14 heavy (non-hydrogen) atoms. The van der Waals surface area contributed by atoms with Gasteiger partial charge in [0.25, 0.3) is 10.1 Å². The normalized spacial score (nSPS) is 12.1. The zero-order valence-electron chi connectivity index (χ0n) is 8.22. The number of hydrogen-bond donors (Lipinski definition) is 1. The Kier molecular flexibility index (Phi) is 7.32. The van der Waals surface area contributed by atoms with Crippen molar-refractivity contribution in [3.8, 4) is 0 Å². The molecule has 0 bridgehead atoms. The monoisotopic (exact) mass is 219 g/mol. The van der Waals surface area contributed by atoms with Crippen molar-refractivity contribution in [1.82, 2.24) is 0 Å². The van der Waals surface area contributed by atoms with Gasteiger partial charge in [-0.3, -0.25) is 9.55 Å². The number of unbranched alkanes of at least 4 members (excludes halogenated alkanes) is 2. The Balaban J connectivity index is 3.32. The Bertz CT molecular complexity index is 270. The summed E-state index contributed by atoms with van der Waals surface area (Å²) < 4.78 is 29.0. The quantitative estimate of drug-likeness (QED) is 0.292. The van der Waals surface area contributed by atoms with Crippen molar-refractivity contribution in [3.05, 3.63) is 12.7 Å². The van der Waals surface area contributed by atoms with E-state index in [2.05, 4.69) is 11.6 Å². The molecule has 82 valence electrons. The van der Waals surface area contributed by atoms with E-state index in [-0.39, 0.29) is 5.75 Å². The molecule has 0 saturated heterocycles. The van der Waals surface area contributed by atoms with Crippen LogP contribution < -0.4 is 0 Å². The Morgan fingerprint density at radius 1 is 1.29 bits per heavy atom. The molecule has 1 N–H and O–H groups in total. The van der Waals surface area contributed by atoms with Crippen LogP contribution in [0.3, 0.4) is 0 Å². The Hall–Kier alpha value is -0.680. The molecule has 0 unspecified atom stereocenters. The molecule has 0 aliphatic carbocycles. The van der Waals surface area contributed by atoms with Crippen molar-refractivity contribution < 1.29 is 13.0 Å². The second-order valence-electron chi connectivity index (χ2n) is 2.95. The fourth-order valence-corrected chi connectivity index (χ4v) is 1.37. The van der Waals surface area contributed by atoms with Crippen LogP contribution >= 0.6 is 0 Å². The molecule has 0 saturated carbocycles. The second kappa shape index (κ2) is 7.70. The van der Waals surface area contributed by atoms with E-state index in [1.807, 2.05) is 6.08 Å². The van der Waals surface area contributed by atoms with E-state index in [4.69, 9.17) is 4.55 Å². The van der Waals surface area contributed by atoms with Gasteiger partial charge < -0.3 is 0 Å². The first kappa shape index (κ1) is 13.3. The first-order chi connectivity index (χ1) is 6.56. The molecule has 0 amide bonds. The maximum Gasteiger partial charge on any atom is 0.264 e. The van der Waals surface area contributed by atoms with Crippen molar-refractivity contribution in [2.45, 2.75) is 25.7 Å². The van der Waals surface area contributed by atoms with Crippen LogP contribution in [0.4, 0.5) is 0 Å². The third-order valence-electron chi connectivity index (χ3n) is 1.56. The largest absolute Gasteiger partial charge is 0.297 e. The highest BCUT2D eigenvalue weighted by Gasteiger charge is 2.01. The van der Waals surface area contributed by atoms with Crippen LogP contribution in [0, 0.1) is 0 Å². The maximum atomic E-state index is 10.3. The highest BCUT2D eigenvalue weighted by atomic mass is 32.2. The smallest absolute Gasteiger partial charge is 0.264 e. The lowest BCUT2D eigenvalue weighted by Gasteiger charge is -1.93. The molecule has 0 spiro atoms. The van der Waals surface area contributed by atoms with Crippen LogP contribution in [-0.4, -0.2) is 31.5 Å². The lowest BCUT2D eigenvalue weighted by Crippen LogP contribution is -2.04. The number of hydrogen-bond acceptors (Lipinski definition) is 3. The average molecular weight is 219 g/mol. The van der Waals surface area contributed by atoms with Crippen LogP contribution in [0.5, 0.6) is 0 Å². The highest BCUT2D eigenvalue weighted by Crippen LogP contribution is 1.93. The lowest BCUT2D eigenvalue weighted by molar-refractivity contribution is 0.481. The van der Waals surface area contributed by atoms with Crippen LogP contribution in [0.25, 0.3) is 0 Å². The van der Waals surface area contributed by atoms with Gasteiger partial charge in [-0.2, -0.15) is 8.42 Å². The number of allylic oxidation sites excluding steroid dienone is 1. The van der Waals surface area contributed by atoms with Crippen LogP contribution in [0.15, 0.2) is 17.6 Å². The molecule has 0 atom stereocenters. The fraction of sp³-hybridized carbons (Fsp3) is 0.667. The predicted octanol–water partition coefficient (Wildman–Crippen LogP) is 1.69. The topological polar surface area (TPSA) is 66.7 Å². The summed E-state index contributed by atoms with van der Waals surface area (Å²) in [4.78, 5) is 4.01. The van der Waals surface area contributed by atoms with E-state index in [0.717, 1.165) is 19.3 Å². The summed E-state index contributed by atoms with van der Waals surface area (Å²) in [6.45, 7) is 4.05. The van der Waals surface area contributed by atoms with Crippen molar-refractivity contribution in [3.63, 3.8) is 0 Å². The lowest BCUT2D eigenvalue weighted by atomic mass is 10.2. The summed E-state index contributed by atoms with van der Waals surface area (Å²) in [6, 6.07) is 0. The Labute approximate surface area is 85.5 Å². The van der Waals surface area contributed by atoms with Gasteiger partial charge in [-0.1, -0.05) is 6.08 Å². The summed E-state index contributed by atoms with van der Waals surface area (Å²) >= 11 is 0. The minimum Gasteiger partial charge on any atom is -0.297 e. The zero-order valence-corrected chi connectivity index (χ0v) is 9.04. The number of aliphatic imine (C=N–C) groups is 1. The van der Waals surface area contributed by atoms with Crippen molar-refractivity contribution in [2.75, 3.05) is 12.3 Å². The predicted molar refractivity (Wildman–Crippen MR) is 58.4 cm³/mol. The van der Waals surface area contributed by atoms with E-state index in [1.54, 1.807) is 6.21 Å². The zero-order chi connectivity index (χ0) is 10.9. The SMILES string of the molecule is C=CCCCC=NCCCS(=O)(=O)O. The van der Waals surface area contributed by atoms with Crippen molar-refractivity contribution in [1.29, 1.82) is 0 Å². The van der Waals surface area contributed by atoms with Gasteiger partial charge in [-0.05, 0) is 31.9 Å². The first-order valence-electron chi connectivity index (χ1n) is 4.60. The molecule has 0 fully saturated rings. The molecule has 0 aliphatic heterocycles. The average Bonchev–Trinajstić information content (AvgIpc) is 2.08. The summed E-state index contributed by atoms with van der Waals surface area (Å²) in [7, 11) is -3.81. The molecule has 0 aliphatic rings. The van der Waals surface area contributed by atoms with Gasteiger partial charge in [0, 0.05) is 6.54 Å². The third-order valence-corrected chi connectivity index (χ3v) is 2.36. The van der Waals surface area contributed by atoms with Gasteiger partial charge in [-0.15, -0.1) is 6.58 Å². The van der Waals surface area contributed by atoms with E-state index < -0.39 is 10.1 Å². The van der Waals surface area contributed by atoms with Gasteiger partial charge in [0.05, 0.1) is 5.75 Å². The van der Waals surface area contributed by atoms with Gasteiger partial charge in [0.2, 0.25) is 0 Å². The highest BCUT2D eigenvalue weighted by molar-refractivity contribution is 7.85. The van der Waals surface area contributed by atoms with Gasteiger partial charge in [0.1, 0.15) is 0 Å². The van der Waals surface area contributed by atoms with E-state index >= 15 is 0 Å². The Morgan fingerprint density at radius 2 is 2.00 bits per heavy atom. The van der Waals surface area contributed by atoms with Crippen LogP contribution in [0.1, 0.15) is 25.7 Å². The molecule has 0 rings (SSSR count). The minimum absolute atomic E-state index is 0.211. The summed E-state index contributed by atoms with van der Waals surface area (Å²) in [6.07, 6.45) is 6.89. The number of rotatable bonds is 8.